The van der Waals surface area contributed by atoms with Crippen molar-refractivity contribution in [1.82, 2.24) is 25.4 Å². The van der Waals surface area contributed by atoms with Crippen LogP contribution in [0.3, 0.4) is 0 Å². The molecule has 2 aromatic heterocycles. The van der Waals surface area contributed by atoms with E-state index in [4.69, 9.17) is 14.6 Å². The van der Waals surface area contributed by atoms with Crippen LogP contribution in [0.25, 0.3) is 0 Å². The van der Waals surface area contributed by atoms with Crippen LogP contribution in [0.1, 0.15) is 20.7 Å². The second-order valence-electron chi connectivity index (χ2n) is 7.39. The van der Waals surface area contributed by atoms with E-state index in [1.807, 2.05) is 0 Å². The summed E-state index contributed by atoms with van der Waals surface area (Å²) in [5.74, 6) is -2.51. The molecule has 2 aliphatic rings. The second-order valence-corrected chi connectivity index (χ2v) is 7.39. The first-order valence-electron chi connectivity index (χ1n) is 9.82. The highest BCUT2D eigenvalue weighted by atomic mass is 19.4. The minimum atomic E-state index is -5.08. The van der Waals surface area contributed by atoms with Crippen LogP contribution >= 0.6 is 0 Å². The van der Waals surface area contributed by atoms with Crippen molar-refractivity contribution >= 4 is 17.8 Å². The predicted molar refractivity (Wildman–Crippen MR) is 105 cm³/mol. The molecule has 0 aliphatic carbocycles. The standard InChI is InChI=1S/C18H19N5O3.C2HF3O2/c24-17(12-1-4-19-5-2-12)20-7-14-11-26-16-10-23(9-15(14)16)18(25)13-3-6-21-22-8-13;3-2(4,5)1(6)7/h1-6,8,14-16H,7,9-11H2,(H,20,24);(H,6,7)/t14-,15+,16+;/m0./s1. The number of aliphatic carboxylic acids is 1. The molecule has 2 N–H and O–H groups in total. The average molecular weight is 467 g/mol. The third kappa shape index (κ3) is 6.22. The number of hydrogen-bond donors (Lipinski definition) is 2. The van der Waals surface area contributed by atoms with Crippen molar-refractivity contribution in [2.24, 2.45) is 11.8 Å². The van der Waals surface area contributed by atoms with Gasteiger partial charge in [0.1, 0.15) is 0 Å². The summed E-state index contributed by atoms with van der Waals surface area (Å²) in [7, 11) is 0. The zero-order chi connectivity index (χ0) is 24.0. The molecular formula is C20H20F3N5O5. The number of hydrogen-bond acceptors (Lipinski definition) is 7. The van der Waals surface area contributed by atoms with Gasteiger partial charge in [-0.15, -0.1) is 0 Å². The van der Waals surface area contributed by atoms with E-state index >= 15 is 0 Å². The molecule has 3 atom stereocenters. The van der Waals surface area contributed by atoms with Crippen molar-refractivity contribution in [3.63, 3.8) is 0 Å². The molecule has 2 amide bonds. The fourth-order valence-electron chi connectivity index (χ4n) is 3.60. The Labute approximate surface area is 185 Å². The number of halogens is 3. The lowest BCUT2D eigenvalue weighted by atomic mass is 9.93. The monoisotopic (exact) mass is 467 g/mol. The summed E-state index contributed by atoms with van der Waals surface area (Å²) in [6.45, 7) is 2.33. The highest BCUT2D eigenvalue weighted by molar-refractivity contribution is 5.94. The quantitative estimate of drug-likeness (QED) is 0.681. The lowest BCUT2D eigenvalue weighted by Crippen LogP contribution is -2.35. The molecule has 0 spiro atoms. The Morgan fingerprint density at radius 2 is 1.76 bits per heavy atom. The van der Waals surface area contributed by atoms with Crippen LogP contribution in [-0.2, 0) is 9.53 Å². The van der Waals surface area contributed by atoms with Crippen molar-refractivity contribution in [2.75, 3.05) is 26.2 Å². The minimum absolute atomic E-state index is 0.0246. The zero-order valence-corrected chi connectivity index (χ0v) is 17.1. The predicted octanol–water partition coefficient (Wildman–Crippen LogP) is 1.02. The van der Waals surface area contributed by atoms with Crippen molar-refractivity contribution in [3.05, 3.63) is 54.1 Å². The molecule has 0 unspecified atom stereocenters. The second kappa shape index (κ2) is 10.3. The third-order valence-electron chi connectivity index (χ3n) is 5.27. The number of carbonyl (C=O) groups excluding carboxylic acids is 2. The van der Waals surface area contributed by atoms with Crippen molar-refractivity contribution in [1.29, 1.82) is 0 Å². The van der Waals surface area contributed by atoms with Crippen LogP contribution in [-0.4, -0.2) is 81.5 Å². The molecule has 2 saturated heterocycles. The number of nitrogens with one attached hydrogen (secondary N) is 1. The van der Waals surface area contributed by atoms with Gasteiger partial charge in [-0.05, 0) is 18.2 Å². The number of amides is 2. The molecule has 13 heteroatoms. The molecule has 0 aromatic carbocycles. The van der Waals surface area contributed by atoms with Gasteiger partial charge >= 0.3 is 12.1 Å². The molecule has 33 heavy (non-hydrogen) atoms. The van der Waals surface area contributed by atoms with Crippen LogP contribution in [0, 0.1) is 11.8 Å². The Bertz CT molecular complexity index is 977. The average Bonchev–Trinajstić information content (AvgIpc) is 3.39. The van der Waals surface area contributed by atoms with E-state index in [1.54, 1.807) is 35.5 Å². The summed E-state index contributed by atoms with van der Waals surface area (Å²) >= 11 is 0. The van der Waals surface area contributed by atoms with Crippen LogP contribution in [0.4, 0.5) is 13.2 Å². The third-order valence-corrected chi connectivity index (χ3v) is 5.27. The fourth-order valence-corrected chi connectivity index (χ4v) is 3.60. The maximum absolute atomic E-state index is 12.6. The SMILES string of the molecule is O=C(NC[C@H]1CO[C@@H]2CN(C(=O)c3ccnnc3)C[C@H]12)c1ccncc1.O=C(O)C(F)(F)F. The van der Waals surface area contributed by atoms with Crippen LogP contribution in [0.5, 0.6) is 0 Å². The van der Waals surface area contributed by atoms with Gasteiger partial charge in [-0.3, -0.25) is 14.6 Å². The van der Waals surface area contributed by atoms with E-state index in [1.165, 1.54) is 12.4 Å². The number of pyridine rings is 1. The Morgan fingerprint density at radius 1 is 1.09 bits per heavy atom. The number of fused-ring (bicyclic) bond motifs is 1. The molecule has 2 aliphatic heterocycles. The first kappa shape index (κ1) is 24.0. The largest absolute Gasteiger partial charge is 0.490 e. The summed E-state index contributed by atoms with van der Waals surface area (Å²) in [5.41, 5.74) is 1.12. The first-order chi connectivity index (χ1) is 15.7. The highest BCUT2D eigenvalue weighted by Crippen LogP contribution is 2.34. The van der Waals surface area contributed by atoms with Gasteiger partial charge in [-0.1, -0.05) is 0 Å². The summed E-state index contributed by atoms with van der Waals surface area (Å²) < 4.78 is 37.6. The lowest BCUT2D eigenvalue weighted by molar-refractivity contribution is -0.192. The van der Waals surface area contributed by atoms with E-state index < -0.39 is 12.1 Å². The number of ether oxygens (including phenoxy) is 1. The summed E-state index contributed by atoms with van der Waals surface area (Å²) in [4.78, 5) is 39.4. The fraction of sp³-hybridized carbons (Fsp3) is 0.400. The lowest BCUT2D eigenvalue weighted by Gasteiger charge is -2.20. The molecule has 0 saturated carbocycles. The zero-order valence-electron chi connectivity index (χ0n) is 17.1. The van der Waals surface area contributed by atoms with E-state index in [9.17, 15) is 22.8 Å². The van der Waals surface area contributed by atoms with E-state index in [-0.39, 0.29) is 29.8 Å². The molecular weight excluding hydrogens is 447 g/mol. The Hall–Kier alpha value is -3.61. The summed E-state index contributed by atoms with van der Waals surface area (Å²) in [6, 6.07) is 5.03. The number of rotatable bonds is 4. The maximum atomic E-state index is 12.6. The molecule has 0 radical (unpaired) electrons. The van der Waals surface area contributed by atoms with Gasteiger partial charge in [-0.25, -0.2) is 4.79 Å². The number of alkyl halides is 3. The van der Waals surface area contributed by atoms with Crippen LogP contribution < -0.4 is 5.32 Å². The maximum Gasteiger partial charge on any atom is 0.490 e. The topological polar surface area (TPSA) is 135 Å². The van der Waals surface area contributed by atoms with Crippen molar-refractivity contribution in [3.8, 4) is 0 Å². The van der Waals surface area contributed by atoms with Gasteiger partial charge in [0.05, 0.1) is 30.7 Å². The van der Waals surface area contributed by atoms with Gasteiger partial charge in [0.2, 0.25) is 0 Å². The van der Waals surface area contributed by atoms with Gasteiger partial charge < -0.3 is 20.1 Å². The number of carboxylic acids is 1. The van der Waals surface area contributed by atoms with Crippen molar-refractivity contribution < 1.29 is 37.4 Å². The van der Waals surface area contributed by atoms with Crippen LogP contribution in [0.15, 0.2) is 43.0 Å². The summed E-state index contributed by atoms with van der Waals surface area (Å²) in [5, 5.41) is 17.5. The van der Waals surface area contributed by atoms with E-state index in [0.717, 1.165) is 0 Å². The highest BCUT2D eigenvalue weighted by Gasteiger charge is 2.45. The van der Waals surface area contributed by atoms with Gasteiger partial charge in [0, 0.05) is 49.4 Å². The smallest absolute Gasteiger partial charge is 0.475 e. The molecule has 2 fully saturated rings. The Morgan fingerprint density at radius 3 is 2.36 bits per heavy atom. The number of likely N-dealkylation sites (tertiary alicyclic amines) is 1. The molecule has 2 aromatic rings. The van der Waals surface area contributed by atoms with Gasteiger partial charge in [0.15, 0.2) is 0 Å². The number of carbonyl (C=O) groups is 3. The summed E-state index contributed by atoms with van der Waals surface area (Å²) in [6.07, 6.45) is 1.12. The molecule has 4 rings (SSSR count). The number of aromatic nitrogens is 3. The van der Waals surface area contributed by atoms with Gasteiger partial charge in [-0.2, -0.15) is 23.4 Å². The van der Waals surface area contributed by atoms with E-state index in [2.05, 4.69) is 20.5 Å². The normalized spacial score (nSPS) is 21.5. The molecule has 4 heterocycles. The number of nitrogens with zero attached hydrogens (tertiary/aromatic N) is 4. The molecule has 176 valence electrons. The van der Waals surface area contributed by atoms with Crippen LogP contribution in [0.2, 0.25) is 0 Å². The molecule has 0 bridgehead atoms. The van der Waals surface area contributed by atoms with E-state index in [0.29, 0.717) is 37.4 Å². The first-order valence-corrected chi connectivity index (χ1v) is 9.82. The minimum Gasteiger partial charge on any atom is -0.475 e. The molecule has 10 nitrogen and oxygen atoms in total. The number of carboxylic acid groups (broad SMARTS) is 1. The van der Waals surface area contributed by atoms with Crippen molar-refractivity contribution in [2.45, 2.75) is 12.3 Å². The Kier molecular flexibility index (Phi) is 7.53. The van der Waals surface area contributed by atoms with Gasteiger partial charge in [0.25, 0.3) is 11.8 Å². The Balaban J connectivity index is 0.000000383.